The number of H-pyrrole nitrogens is 1. The molecule has 3 aromatic rings. The van der Waals surface area contributed by atoms with Gasteiger partial charge in [0.15, 0.2) is 5.82 Å². The van der Waals surface area contributed by atoms with Crippen LogP contribution in [0.3, 0.4) is 0 Å². The molecular weight excluding hydrogens is 314 g/mol. The van der Waals surface area contributed by atoms with Crippen LogP contribution in [0.25, 0.3) is 11.5 Å². The highest BCUT2D eigenvalue weighted by Crippen LogP contribution is 2.28. The summed E-state index contributed by atoms with van der Waals surface area (Å²) in [6, 6.07) is 11.4. The van der Waals surface area contributed by atoms with Gasteiger partial charge in [-0.3, -0.25) is 4.79 Å². The smallest absolute Gasteiger partial charge is 0.253 e. The Bertz CT molecular complexity index is 876. The molecule has 0 spiro atoms. The highest BCUT2D eigenvalue weighted by atomic mass is 16.2. The van der Waals surface area contributed by atoms with Gasteiger partial charge in [0.2, 0.25) is 0 Å². The second kappa shape index (κ2) is 6.47. The van der Waals surface area contributed by atoms with Gasteiger partial charge >= 0.3 is 0 Å². The molecule has 0 unspecified atom stereocenters. The third kappa shape index (κ3) is 3.15. The van der Waals surface area contributed by atoms with Crippen LogP contribution in [0.15, 0.2) is 48.8 Å². The largest absolute Gasteiger partial charge is 0.343 e. The van der Waals surface area contributed by atoms with Crippen molar-refractivity contribution in [2.75, 3.05) is 13.1 Å². The van der Waals surface area contributed by atoms with Gasteiger partial charge in [-0.1, -0.05) is 18.2 Å². The molecule has 0 bridgehead atoms. The third-order valence-corrected chi connectivity index (χ3v) is 4.51. The molecule has 1 N–H and O–H groups in total. The SMILES string of the molecule is Cc1nc(-c2ncc[nH]2)cc([C@@H]2CCN(C(=O)c3ccccc3)C2)n1. The Morgan fingerprint density at radius 1 is 1.24 bits per heavy atom. The van der Waals surface area contributed by atoms with Gasteiger partial charge in [0.05, 0.1) is 0 Å². The van der Waals surface area contributed by atoms with Gasteiger partial charge in [-0.25, -0.2) is 15.0 Å². The molecule has 1 amide bonds. The zero-order valence-corrected chi connectivity index (χ0v) is 14.0. The predicted octanol–water partition coefficient (Wildman–Crippen LogP) is 2.80. The average Bonchev–Trinajstić information content (AvgIpc) is 3.33. The van der Waals surface area contributed by atoms with Crippen molar-refractivity contribution in [3.8, 4) is 11.5 Å². The van der Waals surface area contributed by atoms with E-state index in [0.717, 1.165) is 41.6 Å². The fourth-order valence-corrected chi connectivity index (χ4v) is 3.28. The van der Waals surface area contributed by atoms with Gasteiger partial charge < -0.3 is 9.88 Å². The van der Waals surface area contributed by atoms with E-state index >= 15 is 0 Å². The molecule has 1 aliphatic rings. The molecule has 6 nitrogen and oxygen atoms in total. The first-order valence-corrected chi connectivity index (χ1v) is 8.40. The first kappa shape index (κ1) is 15.5. The van der Waals surface area contributed by atoms with Gasteiger partial charge in [0.1, 0.15) is 11.5 Å². The van der Waals surface area contributed by atoms with Crippen molar-refractivity contribution < 1.29 is 4.79 Å². The topological polar surface area (TPSA) is 74.8 Å². The fourth-order valence-electron chi connectivity index (χ4n) is 3.28. The molecule has 1 aliphatic heterocycles. The number of rotatable bonds is 3. The van der Waals surface area contributed by atoms with Gasteiger partial charge in [-0.15, -0.1) is 0 Å². The molecule has 0 aliphatic carbocycles. The lowest BCUT2D eigenvalue weighted by molar-refractivity contribution is 0.0790. The minimum absolute atomic E-state index is 0.0835. The standard InChI is InChI=1S/C19H19N5O/c1-13-22-16(11-17(23-13)18-20-8-9-21-18)15-7-10-24(12-15)19(25)14-5-3-2-4-6-14/h2-6,8-9,11,15H,7,10,12H2,1H3,(H,20,21)/t15-/m1/s1. The first-order chi connectivity index (χ1) is 12.2. The second-order valence-corrected chi connectivity index (χ2v) is 6.27. The Morgan fingerprint density at radius 2 is 2.08 bits per heavy atom. The summed E-state index contributed by atoms with van der Waals surface area (Å²) in [7, 11) is 0. The molecule has 1 fully saturated rings. The van der Waals surface area contributed by atoms with E-state index in [2.05, 4.69) is 19.9 Å². The molecule has 4 rings (SSSR count). The molecular formula is C19H19N5O. The number of nitrogens with zero attached hydrogens (tertiary/aromatic N) is 4. The number of hydrogen-bond donors (Lipinski definition) is 1. The number of aromatic nitrogens is 4. The summed E-state index contributed by atoms with van der Waals surface area (Å²) >= 11 is 0. The molecule has 1 atom stereocenters. The van der Waals surface area contributed by atoms with E-state index in [9.17, 15) is 4.79 Å². The molecule has 6 heteroatoms. The summed E-state index contributed by atoms with van der Waals surface area (Å²) in [5.41, 5.74) is 2.50. The van der Waals surface area contributed by atoms with Crippen LogP contribution in [0.5, 0.6) is 0 Å². The van der Waals surface area contributed by atoms with Crippen molar-refractivity contribution in [1.29, 1.82) is 0 Å². The van der Waals surface area contributed by atoms with E-state index in [4.69, 9.17) is 0 Å². The summed E-state index contributed by atoms with van der Waals surface area (Å²) in [6.45, 7) is 3.32. The van der Waals surface area contributed by atoms with Gasteiger partial charge in [0, 0.05) is 42.7 Å². The Balaban J connectivity index is 1.55. The molecule has 126 valence electrons. The van der Waals surface area contributed by atoms with E-state index < -0.39 is 0 Å². The van der Waals surface area contributed by atoms with Crippen LogP contribution in [0.2, 0.25) is 0 Å². The normalized spacial score (nSPS) is 17.0. The second-order valence-electron chi connectivity index (χ2n) is 6.27. The van der Waals surface area contributed by atoms with Crippen molar-refractivity contribution >= 4 is 5.91 Å². The van der Waals surface area contributed by atoms with Crippen molar-refractivity contribution in [3.05, 3.63) is 65.9 Å². The Kier molecular flexibility index (Phi) is 4.01. The van der Waals surface area contributed by atoms with Crippen molar-refractivity contribution in [1.82, 2.24) is 24.8 Å². The van der Waals surface area contributed by atoms with E-state index in [-0.39, 0.29) is 11.8 Å². The van der Waals surface area contributed by atoms with Crippen LogP contribution in [-0.2, 0) is 0 Å². The van der Waals surface area contributed by atoms with Gasteiger partial charge in [-0.2, -0.15) is 0 Å². The summed E-state index contributed by atoms with van der Waals surface area (Å²) in [5.74, 6) is 1.77. The zero-order valence-electron chi connectivity index (χ0n) is 14.0. The van der Waals surface area contributed by atoms with Crippen molar-refractivity contribution in [2.24, 2.45) is 0 Å². The number of carbonyl (C=O) groups excluding carboxylic acids is 1. The number of benzene rings is 1. The summed E-state index contributed by atoms with van der Waals surface area (Å²) in [6.07, 6.45) is 4.40. The minimum Gasteiger partial charge on any atom is -0.343 e. The van der Waals surface area contributed by atoms with Crippen LogP contribution in [0, 0.1) is 6.92 Å². The predicted molar refractivity (Wildman–Crippen MR) is 94.1 cm³/mol. The van der Waals surface area contributed by atoms with Crippen LogP contribution >= 0.6 is 0 Å². The van der Waals surface area contributed by atoms with Gasteiger partial charge in [0.25, 0.3) is 5.91 Å². The number of imidazole rings is 1. The van der Waals surface area contributed by atoms with Crippen LogP contribution in [-0.4, -0.2) is 43.8 Å². The third-order valence-electron chi connectivity index (χ3n) is 4.51. The maximum Gasteiger partial charge on any atom is 0.253 e. The maximum absolute atomic E-state index is 12.6. The van der Waals surface area contributed by atoms with Crippen LogP contribution in [0.4, 0.5) is 0 Å². The molecule has 1 saturated heterocycles. The lowest BCUT2D eigenvalue weighted by Gasteiger charge is -2.17. The summed E-state index contributed by atoms with van der Waals surface area (Å²) in [5, 5.41) is 0. The molecule has 3 heterocycles. The Labute approximate surface area is 146 Å². The quantitative estimate of drug-likeness (QED) is 0.800. The zero-order chi connectivity index (χ0) is 17.2. The van der Waals surface area contributed by atoms with Crippen LogP contribution < -0.4 is 0 Å². The summed E-state index contributed by atoms with van der Waals surface area (Å²) in [4.78, 5) is 30.9. The van der Waals surface area contributed by atoms with E-state index in [0.29, 0.717) is 6.54 Å². The van der Waals surface area contributed by atoms with Crippen molar-refractivity contribution in [3.63, 3.8) is 0 Å². The number of hydrogen-bond acceptors (Lipinski definition) is 4. The average molecular weight is 333 g/mol. The Hall–Kier alpha value is -3.02. The van der Waals surface area contributed by atoms with Crippen molar-refractivity contribution in [2.45, 2.75) is 19.3 Å². The van der Waals surface area contributed by atoms with Gasteiger partial charge in [-0.05, 0) is 31.5 Å². The van der Waals surface area contributed by atoms with E-state index in [1.54, 1.807) is 12.4 Å². The Morgan fingerprint density at radius 3 is 2.84 bits per heavy atom. The molecule has 0 saturated carbocycles. The lowest BCUT2D eigenvalue weighted by atomic mass is 10.0. The number of aromatic amines is 1. The fraction of sp³-hybridized carbons (Fsp3) is 0.263. The number of amides is 1. The number of likely N-dealkylation sites (tertiary alicyclic amines) is 1. The highest BCUT2D eigenvalue weighted by Gasteiger charge is 2.29. The van der Waals surface area contributed by atoms with E-state index in [1.807, 2.05) is 48.2 Å². The number of nitrogens with one attached hydrogen (secondary N) is 1. The molecule has 1 aromatic carbocycles. The van der Waals surface area contributed by atoms with Crippen LogP contribution in [0.1, 0.15) is 34.2 Å². The first-order valence-electron chi connectivity index (χ1n) is 8.40. The molecule has 0 radical (unpaired) electrons. The number of aryl methyl sites for hydroxylation is 1. The summed E-state index contributed by atoms with van der Waals surface area (Å²) < 4.78 is 0. The monoisotopic (exact) mass is 333 g/mol. The maximum atomic E-state index is 12.6. The molecule has 25 heavy (non-hydrogen) atoms. The molecule has 2 aromatic heterocycles. The highest BCUT2D eigenvalue weighted by molar-refractivity contribution is 5.94. The van der Waals surface area contributed by atoms with E-state index in [1.165, 1.54) is 0 Å². The number of carbonyl (C=O) groups is 1. The lowest BCUT2D eigenvalue weighted by Crippen LogP contribution is -2.28. The minimum atomic E-state index is 0.0835.